The summed E-state index contributed by atoms with van der Waals surface area (Å²) in [5.74, 6) is -0.736. The molecule has 114 valence electrons. The number of hydrogen-bond donors (Lipinski definition) is 3. The predicted molar refractivity (Wildman–Crippen MR) is 74.8 cm³/mol. The van der Waals surface area contributed by atoms with E-state index >= 15 is 0 Å². The number of nitrogens with zero attached hydrogens (tertiary/aromatic N) is 1. The molecule has 7 nitrogen and oxygen atoms in total. The van der Waals surface area contributed by atoms with Crippen molar-refractivity contribution in [3.8, 4) is 0 Å². The molecule has 0 saturated carbocycles. The van der Waals surface area contributed by atoms with Crippen molar-refractivity contribution in [2.75, 3.05) is 13.1 Å². The Morgan fingerprint density at radius 2 is 1.90 bits per heavy atom. The van der Waals surface area contributed by atoms with E-state index in [9.17, 15) is 14.4 Å². The molecule has 1 saturated heterocycles. The third-order valence-electron chi connectivity index (χ3n) is 3.74. The van der Waals surface area contributed by atoms with Gasteiger partial charge in [0.2, 0.25) is 5.91 Å². The van der Waals surface area contributed by atoms with Crippen LogP contribution in [0.3, 0.4) is 0 Å². The van der Waals surface area contributed by atoms with Gasteiger partial charge in [-0.05, 0) is 26.7 Å². The third kappa shape index (κ3) is 3.09. The predicted octanol–water partition coefficient (Wildman–Crippen LogP) is -0.0495. The lowest BCUT2D eigenvalue weighted by Crippen LogP contribution is -2.53. The van der Waals surface area contributed by atoms with Crippen LogP contribution in [0.15, 0.2) is 0 Å². The molecule has 4 N–H and O–H groups in total. The Morgan fingerprint density at radius 1 is 1.35 bits per heavy atom. The van der Waals surface area contributed by atoms with Crippen LogP contribution < -0.4 is 16.4 Å². The number of carbonyl (C=O) groups is 3. The number of nitrogens with two attached hydrogens (primary N) is 1. The summed E-state index contributed by atoms with van der Waals surface area (Å²) in [5.41, 5.74) is 4.09. The fraction of sp³-hybridized carbons (Fsp3) is 0.769. The van der Waals surface area contributed by atoms with Gasteiger partial charge in [-0.15, -0.1) is 0 Å². The Kier molecular flexibility index (Phi) is 4.75. The van der Waals surface area contributed by atoms with E-state index in [0.717, 1.165) is 4.90 Å². The van der Waals surface area contributed by atoms with Crippen molar-refractivity contribution in [3.63, 3.8) is 0 Å². The second kappa shape index (κ2) is 5.78. The summed E-state index contributed by atoms with van der Waals surface area (Å²) in [6.45, 7) is 7.21. The standard InChI is InChI=1S/C13H24N4O3/c1-5-13(6-2)10(19)17(11(20)16-13)7-9(18)15-12(3,4)8-14/h5-8,14H2,1-4H3,(H,15,18)(H,16,20). The highest BCUT2D eigenvalue weighted by Crippen LogP contribution is 2.24. The third-order valence-corrected chi connectivity index (χ3v) is 3.74. The van der Waals surface area contributed by atoms with Crippen LogP contribution in [-0.4, -0.2) is 46.9 Å². The van der Waals surface area contributed by atoms with Gasteiger partial charge in [0.1, 0.15) is 12.1 Å². The van der Waals surface area contributed by atoms with Crippen LogP contribution in [0.5, 0.6) is 0 Å². The lowest BCUT2D eigenvalue weighted by Gasteiger charge is -2.26. The van der Waals surface area contributed by atoms with Gasteiger partial charge < -0.3 is 16.4 Å². The van der Waals surface area contributed by atoms with E-state index in [4.69, 9.17) is 5.73 Å². The summed E-state index contributed by atoms with van der Waals surface area (Å²) >= 11 is 0. The van der Waals surface area contributed by atoms with Crippen LogP contribution in [0.25, 0.3) is 0 Å². The average Bonchev–Trinajstić information content (AvgIpc) is 2.63. The maximum absolute atomic E-state index is 12.3. The maximum Gasteiger partial charge on any atom is 0.325 e. The molecule has 0 aromatic carbocycles. The second-order valence-electron chi connectivity index (χ2n) is 5.75. The van der Waals surface area contributed by atoms with Crippen LogP contribution in [0.2, 0.25) is 0 Å². The van der Waals surface area contributed by atoms with E-state index < -0.39 is 23.0 Å². The highest BCUT2D eigenvalue weighted by Gasteiger charge is 2.49. The van der Waals surface area contributed by atoms with Gasteiger partial charge in [0.25, 0.3) is 5.91 Å². The zero-order valence-electron chi connectivity index (χ0n) is 12.6. The Balaban J connectivity index is 2.76. The van der Waals surface area contributed by atoms with E-state index in [-0.39, 0.29) is 19.0 Å². The number of hydrogen-bond acceptors (Lipinski definition) is 4. The highest BCUT2D eigenvalue weighted by atomic mass is 16.2. The fourth-order valence-electron chi connectivity index (χ4n) is 2.16. The van der Waals surface area contributed by atoms with Gasteiger partial charge in [-0.3, -0.25) is 14.5 Å². The van der Waals surface area contributed by atoms with E-state index in [1.165, 1.54) is 0 Å². The Labute approximate surface area is 119 Å². The summed E-state index contributed by atoms with van der Waals surface area (Å²) in [6.07, 6.45) is 1.00. The SMILES string of the molecule is CCC1(CC)NC(=O)N(CC(=O)NC(C)(C)CN)C1=O. The fourth-order valence-corrected chi connectivity index (χ4v) is 2.16. The molecule has 4 amide bonds. The van der Waals surface area contributed by atoms with E-state index in [2.05, 4.69) is 10.6 Å². The molecule has 1 rings (SSSR count). The minimum Gasteiger partial charge on any atom is -0.348 e. The molecule has 0 aliphatic carbocycles. The molecular weight excluding hydrogens is 260 g/mol. The van der Waals surface area contributed by atoms with Crippen LogP contribution in [-0.2, 0) is 9.59 Å². The van der Waals surface area contributed by atoms with Gasteiger partial charge in [0, 0.05) is 12.1 Å². The Bertz CT molecular complexity index is 416. The minimum absolute atomic E-state index is 0.271. The molecule has 0 spiro atoms. The Hall–Kier alpha value is -1.63. The first-order valence-corrected chi connectivity index (χ1v) is 6.86. The lowest BCUT2D eigenvalue weighted by molar-refractivity contribution is -0.135. The van der Waals surface area contributed by atoms with Gasteiger partial charge in [-0.2, -0.15) is 0 Å². The zero-order chi connectivity index (χ0) is 15.6. The molecule has 0 aromatic heterocycles. The number of rotatable bonds is 6. The van der Waals surface area contributed by atoms with Crippen molar-refractivity contribution in [2.24, 2.45) is 5.73 Å². The normalized spacial score (nSPS) is 18.1. The summed E-state index contributed by atoms with van der Waals surface area (Å²) in [4.78, 5) is 37.1. The van der Waals surface area contributed by atoms with E-state index in [1.807, 2.05) is 13.8 Å². The highest BCUT2D eigenvalue weighted by molar-refractivity contribution is 6.09. The molecule has 0 radical (unpaired) electrons. The van der Waals surface area contributed by atoms with Gasteiger partial charge in [-0.1, -0.05) is 13.8 Å². The first-order valence-electron chi connectivity index (χ1n) is 6.86. The monoisotopic (exact) mass is 284 g/mol. The topological polar surface area (TPSA) is 105 Å². The van der Waals surface area contributed by atoms with Crippen LogP contribution in [0.4, 0.5) is 4.79 Å². The smallest absolute Gasteiger partial charge is 0.325 e. The van der Waals surface area contributed by atoms with Crippen molar-refractivity contribution < 1.29 is 14.4 Å². The van der Waals surface area contributed by atoms with Gasteiger partial charge in [0.05, 0.1) is 0 Å². The average molecular weight is 284 g/mol. The number of nitrogens with one attached hydrogen (secondary N) is 2. The van der Waals surface area contributed by atoms with Crippen molar-refractivity contribution in [3.05, 3.63) is 0 Å². The number of imide groups is 1. The second-order valence-corrected chi connectivity index (χ2v) is 5.75. The minimum atomic E-state index is -0.874. The van der Waals surface area contributed by atoms with E-state index in [1.54, 1.807) is 13.8 Å². The van der Waals surface area contributed by atoms with Crippen LogP contribution in [0.1, 0.15) is 40.5 Å². The first kappa shape index (κ1) is 16.4. The molecule has 1 fully saturated rings. The maximum atomic E-state index is 12.3. The molecule has 7 heteroatoms. The number of amides is 4. The number of carbonyl (C=O) groups excluding carboxylic acids is 3. The summed E-state index contributed by atoms with van der Waals surface area (Å²) < 4.78 is 0. The molecule has 0 bridgehead atoms. The van der Waals surface area contributed by atoms with Gasteiger partial charge >= 0.3 is 6.03 Å². The molecule has 0 atom stereocenters. The summed E-state index contributed by atoms with van der Waals surface area (Å²) in [6, 6.07) is -0.514. The van der Waals surface area contributed by atoms with Crippen LogP contribution in [0, 0.1) is 0 Å². The van der Waals surface area contributed by atoms with Crippen molar-refractivity contribution in [1.82, 2.24) is 15.5 Å². The van der Waals surface area contributed by atoms with E-state index in [0.29, 0.717) is 12.8 Å². The zero-order valence-corrected chi connectivity index (χ0v) is 12.6. The quantitative estimate of drug-likeness (QED) is 0.595. The first-order chi connectivity index (χ1) is 9.21. The summed E-state index contributed by atoms with van der Waals surface area (Å²) in [7, 11) is 0. The van der Waals surface area contributed by atoms with Crippen molar-refractivity contribution in [1.29, 1.82) is 0 Å². The molecule has 20 heavy (non-hydrogen) atoms. The molecule has 1 heterocycles. The van der Waals surface area contributed by atoms with Gasteiger partial charge in [0.15, 0.2) is 0 Å². The molecular formula is C13H24N4O3. The largest absolute Gasteiger partial charge is 0.348 e. The molecule has 0 unspecified atom stereocenters. The number of urea groups is 1. The lowest BCUT2D eigenvalue weighted by atomic mass is 9.93. The van der Waals surface area contributed by atoms with Gasteiger partial charge in [-0.25, -0.2) is 4.79 Å². The molecule has 1 aliphatic rings. The van der Waals surface area contributed by atoms with Crippen molar-refractivity contribution in [2.45, 2.75) is 51.6 Å². The van der Waals surface area contributed by atoms with Crippen molar-refractivity contribution >= 4 is 17.8 Å². The van der Waals surface area contributed by atoms with Crippen LogP contribution >= 0.6 is 0 Å². The molecule has 1 aliphatic heterocycles. The molecule has 0 aromatic rings. The Morgan fingerprint density at radius 3 is 2.30 bits per heavy atom. The summed E-state index contributed by atoms with van der Waals surface area (Å²) in [5, 5.41) is 5.38.